The Morgan fingerprint density at radius 2 is 1.94 bits per heavy atom. The van der Waals surface area contributed by atoms with Gasteiger partial charge in [0.25, 0.3) is 0 Å². The van der Waals surface area contributed by atoms with Gasteiger partial charge in [-0.15, -0.1) is 0 Å². The molecule has 3 nitrogen and oxygen atoms in total. The summed E-state index contributed by atoms with van der Waals surface area (Å²) in [7, 11) is 2.08. The van der Waals surface area contributed by atoms with Crippen LogP contribution in [0, 0.1) is 11.8 Å². The predicted octanol–water partition coefficient (Wildman–Crippen LogP) is 2.61. The third kappa shape index (κ3) is 3.78. The van der Waals surface area contributed by atoms with Gasteiger partial charge >= 0.3 is 5.97 Å². The molecule has 1 N–H and O–H groups in total. The number of carboxylic acids is 1. The monoisotopic (exact) mass is 227 g/mol. The molecule has 0 aliphatic heterocycles. The van der Waals surface area contributed by atoms with Gasteiger partial charge in [0.15, 0.2) is 0 Å². The fraction of sp³-hybridized carbons (Fsp3) is 0.923. The molecule has 0 amide bonds. The maximum Gasteiger partial charge on any atom is 0.308 e. The lowest BCUT2D eigenvalue weighted by molar-refractivity contribution is -0.144. The molecule has 94 valence electrons. The van der Waals surface area contributed by atoms with E-state index in [4.69, 9.17) is 0 Å². The van der Waals surface area contributed by atoms with Gasteiger partial charge in [0.1, 0.15) is 0 Å². The quantitative estimate of drug-likeness (QED) is 0.750. The van der Waals surface area contributed by atoms with Gasteiger partial charge in [-0.25, -0.2) is 0 Å². The van der Waals surface area contributed by atoms with Crippen LogP contribution >= 0.6 is 0 Å². The number of aliphatic carboxylic acids is 1. The molecule has 1 rings (SSSR count). The topological polar surface area (TPSA) is 40.5 Å². The van der Waals surface area contributed by atoms with Crippen molar-refractivity contribution in [2.45, 2.75) is 52.0 Å². The van der Waals surface area contributed by atoms with Crippen LogP contribution in [0.1, 0.15) is 46.0 Å². The minimum absolute atomic E-state index is 0.161. The van der Waals surface area contributed by atoms with Crippen molar-refractivity contribution in [2.24, 2.45) is 11.8 Å². The van der Waals surface area contributed by atoms with E-state index in [1.165, 1.54) is 12.8 Å². The summed E-state index contributed by atoms with van der Waals surface area (Å²) >= 11 is 0. The van der Waals surface area contributed by atoms with Crippen molar-refractivity contribution >= 4 is 5.97 Å². The first kappa shape index (κ1) is 13.5. The number of rotatable bonds is 4. The first-order chi connectivity index (χ1) is 7.52. The Bertz CT molecular complexity index is 228. The second-order valence-corrected chi connectivity index (χ2v) is 5.48. The molecule has 1 saturated carbocycles. The molecule has 0 heterocycles. The van der Waals surface area contributed by atoms with Gasteiger partial charge in [0.05, 0.1) is 5.92 Å². The van der Waals surface area contributed by atoms with E-state index in [0.29, 0.717) is 5.92 Å². The number of carbonyl (C=O) groups is 1. The number of hydrogen-bond acceptors (Lipinski definition) is 2. The molecule has 1 aliphatic rings. The van der Waals surface area contributed by atoms with Crippen molar-refractivity contribution < 1.29 is 9.90 Å². The van der Waals surface area contributed by atoms with Crippen LogP contribution in [0.4, 0.5) is 0 Å². The lowest BCUT2D eigenvalue weighted by Crippen LogP contribution is -2.42. The second kappa shape index (κ2) is 6.24. The van der Waals surface area contributed by atoms with Gasteiger partial charge in [-0.05, 0) is 25.8 Å². The summed E-state index contributed by atoms with van der Waals surface area (Å²) in [6.07, 6.45) is 5.33. The molecule has 3 heteroatoms. The molecular weight excluding hydrogens is 202 g/mol. The molecule has 0 aromatic carbocycles. The number of carboxylic acid groups (broad SMARTS) is 1. The lowest BCUT2D eigenvalue weighted by Gasteiger charge is -2.32. The van der Waals surface area contributed by atoms with Crippen molar-refractivity contribution in [3.8, 4) is 0 Å². The summed E-state index contributed by atoms with van der Waals surface area (Å²) in [5.41, 5.74) is 0. The fourth-order valence-electron chi connectivity index (χ4n) is 2.82. The van der Waals surface area contributed by atoms with Crippen LogP contribution in [0.2, 0.25) is 0 Å². The Balaban J connectivity index is 2.66. The summed E-state index contributed by atoms with van der Waals surface area (Å²) in [5.74, 6) is -0.170. The molecule has 0 aromatic heterocycles. The van der Waals surface area contributed by atoms with Crippen molar-refractivity contribution in [1.82, 2.24) is 4.90 Å². The van der Waals surface area contributed by atoms with E-state index in [1.807, 2.05) is 0 Å². The van der Waals surface area contributed by atoms with Crippen LogP contribution in [0.15, 0.2) is 0 Å². The molecule has 0 bridgehead atoms. The minimum atomic E-state index is -0.609. The van der Waals surface area contributed by atoms with E-state index in [2.05, 4.69) is 25.8 Å². The van der Waals surface area contributed by atoms with Gasteiger partial charge in [-0.1, -0.05) is 33.1 Å². The Morgan fingerprint density at radius 3 is 2.50 bits per heavy atom. The highest BCUT2D eigenvalue weighted by Gasteiger charge is 2.32. The zero-order valence-corrected chi connectivity index (χ0v) is 10.8. The van der Waals surface area contributed by atoms with Gasteiger partial charge in [0, 0.05) is 12.6 Å². The highest BCUT2D eigenvalue weighted by atomic mass is 16.4. The van der Waals surface area contributed by atoms with Crippen molar-refractivity contribution in [2.75, 3.05) is 13.6 Å². The SMILES string of the molecule is CC(C)CN(C)C1CCCCCC1C(=O)O. The maximum absolute atomic E-state index is 11.3. The Kier molecular flexibility index (Phi) is 5.26. The molecule has 0 saturated heterocycles. The molecule has 0 radical (unpaired) electrons. The van der Waals surface area contributed by atoms with Crippen LogP contribution in [-0.4, -0.2) is 35.6 Å². The molecule has 1 aliphatic carbocycles. The first-order valence-electron chi connectivity index (χ1n) is 6.45. The molecule has 0 spiro atoms. The van der Waals surface area contributed by atoms with Gasteiger partial charge in [0.2, 0.25) is 0 Å². The second-order valence-electron chi connectivity index (χ2n) is 5.48. The normalized spacial score (nSPS) is 27.1. The Hall–Kier alpha value is -0.570. The summed E-state index contributed by atoms with van der Waals surface area (Å²) in [6.45, 7) is 5.36. The zero-order chi connectivity index (χ0) is 12.1. The smallest absolute Gasteiger partial charge is 0.308 e. The van der Waals surface area contributed by atoms with Crippen molar-refractivity contribution in [3.05, 3.63) is 0 Å². The van der Waals surface area contributed by atoms with Gasteiger partial charge < -0.3 is 10.0 Å². The summed E-state index contributed by atoms with van der Waals surface area (Å²) in [5, 5.41) is 9.29. The fourth-order valence-corrected chi connectivity index (χ4v) is 2.82. The molecule has 16 heavy (non-hydrogen) atoms. The van der Waals surface area contributed by atoms with Crippen LogP contribution in [0.5, 0.6) is 0 Å². The molecule has 0 aromatic rings. The average molecular weight is 227 g/mol. The lowest BCUT2D eigenvalue weighted by atomic mass is 9.93. The van der Waals surface area contributed by atoms with E-state index < -0.39 is 5.97 Å². The Labute approximate surface area is 98.8 Å². The summed E-state index contributed by atoms with van der Waals surface area (Å²) in [6, 6.07) is 0.238. The summed E-state index contributed by atoms with van der Waals surface area (Å²) in [4.78, 5) is 13.5. The van der Waals surface area contributed by atoms with E-state index in [1.54, 1.807) is 0 Å². The largest absolute Gasteiger partial charge is 0.481 e. The van der Waals surface area contributed by atoms with Crippen LogP contribution in [-0.2, 0) is 4.79 Å². The van der Waals surface area contributed by atoms with Gasteiger partial charge in [-0.2, -0.15) is 0 Å². The minimum Gasteiger partial charge on any atom is -0.481 e. The highest BCUT2D eigenvalue weighted by molar-refractivity contribution is 5.70. The van der Waals surface area contributed by atoms with Crippen molar-refractivity contribution in [3.63, 3.8) is 0 Å². The maximum atomic E-state index is 11.3. The Morgan fingerprint density at radius 1 is 1.31 bits per heavy atom. The first-order valence-corrected chi connectivity index (χ1v) is 6.45. The molecular formula is C13H25NO2. The molecule has 2 atom stereocenters. The van der Waals surface area contributed by atoms with Crippen LogP contribution in [0.3, 0.4) is 0 Å². The van der Waals surface area contributed by atoms with E-state index in [9.17, 15) is 9.90 Å². The van der Waals surface area contributed by atoms with Crippen molar-refractivity contribution in [1.29, 1.82) is 0 Å². The third-order valence-corrected chi connectivity index (χ3v) is 3.52. The summed E-state index contributed by atoms with van der Waals surface area (Å²) < 4.78 is 0. The molecule has 2 unspecified atom stereocenters. The third-order valence-electron chi connectivity index (χ3n) is 3.52. The van der Waals surface area contributed by atoms with E-state index >= 15 is 0 Å². The molecule has 1 fully saturated rings. The number of hydrogen-bond donors (Lipinski definition) is 1. The van der Waals surface area contributed by atoms with E-state index in [-0.39, 0.29) is 12.0 Å². The van der Waals surface area contributed by atoms with Crippen LogP contribution in [0.25, 0.3) is 0 Å². The van der Waals surface area contributed by atoms with Gasteiger partial charge in [-0.3, -0.25) is 4.79 Å². The van der Waals surface area contributed by atoms with E-state index in [0.717, 1.165) is 25.8 Å². The number of nitrogens with zero attached hydrogens (tertiary/aromatic N) is 1. The predicted molar refractivity (Wildman–Crippen MR) is 65.5 cm³/mol. The van der Waals surface area contributed by atoms with Crippen LogP contribution < -0.4 is 0 Å². The zero-order valence-electron chi connectivity index (χ0n) is 10.8. The average Bonchev–Trinajstić information content (AvgIpc) is 2.40. The standard InChI is InChI=1S/C13H25NO2/c1-10(2)9-14(3)12-8-6-4-5-7-11(12)13(15)16/h10-12H,4-9H2,1-3H3,(H,15,16). The highest BCUT2D eigenvalue weighted by Crippen LogP contribution is 2.27.